The Morgan fingerprint density at radius 2 is 1.94 bits per heavy atom. The van der Waals surface area contributed by atoms with Crippen LogP contribution in [0.1, 0.15) is 105 Å². The molecule has 0 aromatic rings. The minimum atomic E-state index is -1.59. The number of fused-ring (bicyclic) bond motifs is 5. The van der Waals surface area contributed by atoms with Gasteiger partial charge >= 0.3 is 5.97 Å². The molecule has 4 rings (SSSR count). The normalized spacial score (nSPS) is 40.5. The summed E-state index contributed by atoms with van der Waals surface area (Å²) < 4.78 is 4.90. The Hall–Kier alpha value is -1.16. The highest BCUT2D eigenvalue weighted by molar-refractivity contribution is 5.87. The summed E-state index contributed by atoms with van der Waals surface area (Å²) in [6.45, 7) is 9.97. The smallest absolute Gasteiger partial charge is 0.302 e. The Kier molecular flexibility index (Phi) is 6.90. The number of carbonyl (C=O) groups is 2. The maximum absolute atomic E-state index is 12.7. The lowest BCUT2D eigenvalue weighted by atomic mass is 9.47. The first kappa shape index (κ1) is 24.9. The van der Waals surface area contributed by atoms with Crippen LogP contribution in [0, 0.1) is 40.4 Å². The molecule has 0 aromatic carbocycles. The fraction of sp³-hybridized carbons (Fsp3) is 0.862. The maximum Gasteiger partial charge on any atom is 0.302 e. The number of rotatable bonds is 7. The van der Waals surface area contributed by atoms with Crippen molar-refractivity contribution in [2.45, 2.75) is 111 Å². The summed E-state index contributed by atoms with van der Waals surface area (Å²) in [7, 11) is 0. The molecule has 4 aliphatic rings. The van der Waals surface area contributed by atoms with Crippen LogP contribution in [0.2, 0.25) is 0 Å². The topological polar surface area (TPSA) is 63.6 Å². The van der Waals surface area contributed by atoms with E-state index in [0.717, 1.165) is 24.2 Å². The summed E-state index contributed by atoms with van der Waals surface area (Å²) in [6.07, 6.45) is 15.9. The van der Waals surface area contributed by atoms with Crippen LogP contribution in [0.3, 0.4) is 0 Å². The number of hydrogen-bond donors (Lipinski definition) is 1. The van der Waals surface area contributed by atoms with Crippen molar-refractivity contribution in [2.75, 3.05) is 6.61 Å². The number of hydrogen-bond acceptors (Lipinski definition) is 4. The van der Waals surface area contributed by atoms with E-state index in [1.807, 2.05) is 0 Å². The second kappa shape index (κ2) is 9.13. The molecule has 8 atom stereocenters. The third kappa shape index (κ3) is 4.46. The standard InChI is InChI=1S/C29H46O4/c1-19(9-14-26(31)29(5,32)18-33-20(2)30)23-12-13-24-22-11-10-21-8-6-7-16-27(21,3)25(22)15-17-28(23,24)4/h10,19,22-25,32H,6-9,11-18H2,1-5H3/t19-,22+,23-,24+,25+,27+,28-,29?/m1/s1. The van der Waals surface area contributed by atoms with Crippen molar-refractivity contribution in [3.63, 3.8) is 0 Å². The average Bonchev–Trinajstić information content (AvgIpc) is 3.12. The van der Waals surface area contributed by atoms with Crippen molar-refractivity contribution >= 4 is 11.8 Å². The summed E-state index contributed by atoms with van der Waals surface area (Å²) in [5.41, 5.74) is 1.01. The van der Waals surface area contributed by atoms with E-state index in [1.54, 1.807) is 5.57 Å². The molecule has 4 heteroatoms. The van der Waals surface area contributed by atoms with Crippen molar-refractivity contribution in [3.05, 3.63) is 11.6 Å². The number of esters is 1. The molecule has 0 saturated heterocycles. The number of Topliss-reactive ketones (excluding diaryl/α,β-unsaturated/α-hetero) is 1. The van der Waals surface area contributed by atoms with Gasteiger partial charge in [0.05, 0.1) is 0 Å². The molecule has 0 bridgehead atoms. The van der Waals surface area contributed by atoms with Gasteiger partial charge in [-0.3, -0.25) is 9.59 Å². The van der Waals surface area contributed by atoms with Crippen LogP contribution in [0.25, 0.3) is 0 Å². The largest absolute Gasteiger partial charge is 0.462 e. The molecule has 3 saturated carbocycles. The molecule has 0 aliphatic heterocycles. The number of ether oxygens (including phenoxy) is 1. The van der Waals surface area contributed by atoms with Gasteiger partial charge in [0.15, 0.2) is 11.4 Å². The first-order chi connectivity index (χ1) is 15.5. The lowest BCUT2D eigenvalue weighted by Crippen LogP contribution is -2.50. The van der Waals surface area contributed by atoms with E-state index >= 15 is 0 Å². The maximum atomic E-state index is 12.7. The van der Waals surface area contributed by atoms with Crippen LogP contribution in [0.15, 0.2) is 11.6 Å². The van der Waals surface area contributed by atoms with E-state index in [9.17, 15) is 14.7 Å². The highest BCUT2D eigenvalue weighted by atomic mass is 16.5. The number of allylic oxidation sites excluding steroid dienone is 2. The predicted molar refractivity (Wildman–Crippen MR) is 130 cm³/mol. The van der Waals surface area contributed by atoms with Gasteiger partial charge in [0.2, 0.25) is 0 Å². The third-order valence-electron chi connectivity index (χ3n) is 10.8. The van der Waals surface area contributed by atoms with Crippen LogP contribution in [0.4, 0.5) is 0 Å². The monoisotopic (exact) mass is 458 g/mol. The minimum absolute atomic E-state index is 0.214. The van der Waals surface area contributed by atoms with Crippen LogP contribution < -0.4 is 0 Å². The van der Waals surface area contributed by atoms with Gasteiger partial charge in [-0.1, -0.05) is 38.8 Å². The molecule has 1 N–H and O–H groups in total. The fourth-order valence-corrected chi connectivity index (χ4v) is 8.83. The first-order valence-electron chi connectivity index (χ1n) is 13.6. The van der Waals surface area contributed by atoms with Gasteiger partial charge in [-0.2, -0.15) is 0 Å². The molecule has 3 fully saturated rings. The van der Waals surface area contributed by atoms with Crippen molar-refractivity contribution < 1.29 is 19.4 Å². The average molecular weight is 459 g/mol. The summed E-state index contributed by atoms with van der Waals surface area (Å²) in [4.78, 5) is 23.7. The molecule has 0 heterocycles. The highest BCUT2D eigenvalue weighted by Crippen LogP contribution is 2.67. The molecule has 0 radical (unpaired) electrons. The highest BCUT2D eigenvalue weighted by Gasteiger charge is 2.58. The summed E-state index contributed by atoms with van der Waals surface area (Å²) >= 11 is 0. The molecule has 4 nitrogen and oxygen atoms in total. The van der Waals surface area contributed by atoms with Crippen molar-refractivity contribution in [1.29, 1.82) is 0 Å². The van der Waals surface area contributed by atoms with Crippen molar-refractivity contribution in [2.24, 2.45) is 40.4 Å². The number of carbonyl (C=O) groups excluding carboxylic acids is 2. The Bertz CT molecular complexity index is 797. The second-order valence-electron chi connectivity index (χ2n) is 12.7. The quantitative estimate of drug-likeness (QED) is 0.361. The predicted octanol–water partition coefficient (Wildman–Crippen LogP) is 6.26. The van der Waals surface area contributed by atoms with Crippen LogP contribution in [-0.2, 0) is 14.3 Å². The van der Waals surface area contributed by atoms with E-state index in [1.165, 1.54) is 71.6 Å². The molecule has 0 amide bonds. The molecule has 186 valence electrons. The molecule has 0 aromatic heterocycles. The Morgan fingerprint density at radius 3 is 2.67 bits per heavy atom. The fourth-order valence-electron chi connectivity index (χ4n) is 8.83. The van der Waals surface area contributed by atoms with Gasteiger partial charge in [0.25, 0.3) is 0 Å². The zero-order valence-corrected chi connectivity index (χ0v) is 21.6. The van der Waals surface area contributed by atoms with E-state index < -0.39 is 11.6 Å². The molecule has 1 unspecified atom stereocenters. The van der Waals surface area contributed by atoms with Crippen LogP contribution in [0.5, 0.6) is 0 Å². The molecular weight excluding hydrogens is 412 g/mol. The van der Waals surface area contributed by atoms with Gasteiger partial charge in [-0.25, -0.2) is 0 Å². The van der Waals surface area contributed by atoms with E-state index in [0.29, 0.717) is 29.1 Å². The van der Waals surface area contributed by atoms with Crippen molar-refractivity contribution in [3.8, 4) is 0 Å². The SMILES string of the molecule is CC(=O)OCC(C)(O)C(=O)CC[C@@H](C)[C@H]1CC[C@H]2[C@@H]3CC=C4CCCC[C@]4(C)[C@H]3CC[C@]12C. The zero-order chi connectivity index (χ0) is 24.0. The third-order valence-corrected chi connectivity index (χ3v) is 10.8. The van der Waals surface area contributed by atoms with Crippen molar-refractivity contribution in [1.82, 2.24) is 0 Å². The minimum Gasteiger partial charge on any atom is -0.462 e. The second-order valence-corrected chi connectivity index (χ2v) is 12.7. The molecule has 33 heavy (non-hydrogen) atoms. The molecule has 0 spiro atoms. The summed E-state index contributed by atoms with van der Waals surface area (Å²) in [5, 5.41) is 10.5. The van der Waals surface area contributed by atoms with Crippen LogP contribution >= 0.6 is 0 Å². The Morgan fingerprint density at radius 1 is 1.18 bits per heavy atom. The summed E-state index contributed by atoms with van der Waals surface area (Å²) in [6, 6.07) is 0. The van der Waals surface area contributed by atoms with Gasteiger partial charge in [0.1, 0.15) is 6.61 Å². The van der Waals surface area contributed by atoms with E-state index in [-0.39, 0.29) is 12.4 Å². The number of aliphatic hydroxyl groups is 1. The molecular formula is C29H46O4. The zero-order valence-electron chi connectivity index (χ0n) is 21.6. The van der Waals surface area contributed by atoms with Crippen LogP contribution in [-0.4, -0.2) is 29.1 Å². The van der Waals surface area contributed by atoms with E-state index in [4.69, 9.17) is 4.74 Å². The molecule has 4 aliphatic carbocycles. The van der Waals surface area contributed by atoms with Gasteiger partial charge in [-0.05, 0) is 105 Å². The van der Waals surface area contributed by atoms with E-state index in [2.05, 4.69) is 26.8 Å². The lowest BCUT2D eigenvalue weighted by Gasteiger charge is -2.58. The number of ketones is 1. The Balaban J connectivity index is 1.40. The van der Waals surface area contributed by atoms with Gasteiger partial charge in [-0.15, -0.1) is 0 Å². The first-order valence-corrected chi connectivity index (χ1v) is 13.6. The van der Waals surface area contributed by atoms with Gasteiger partial charge in [0, 0.05) is 13.3 Å². The lowest BCUT2D eigenvalue weighted by molar-refractivity contribution is -0.154. The van der Waals surface area contributed by atoms with Gasteiger partial charge < -0.3 is 9.84 Å². The Labute approximate surface area is 200 Å². The summed E-state index contributed by atoms with van der Waals surface area (Å²) in [5.74, 6) is 2.94.